The van der Waals surface area contributed by atoms with E-state index in [1.807, 2.05) is 12.1 Å². The van der Waals surface area contributed by atoms with Gasteiger partial charge in [0.2, 0.25) is 0 Å². The second kappa shape index (κ2) is 8.67. The van der Waals surface area contributed by atoms with Crippen molar-refractivity contribution in [1.82, 2.24) is 0 Å². The molecule has 0 atom stereocenters. The SMILES string of the molecule is NC(=O)c1c(NC(=O)c2cccc(-c3cc4ccccc4oc3=O)c2)sc2c1CCCCC2. The minimum atomic E-state index is -0.521. The number of thiophene rings is 1. The molecular formula is C26H22N2O4S. The highest BCUT2D eigenvalue weighted by Gasteiger charge is 2.24. The molecule has 1 aliphatic carbocycles. The van der Waals surface area contributed by atoms with Gasteiger partial charge in [0.25, 0.3) is 11.8 Å². The van der Waals surface area contributed by atoms with Gasteiger partial charge in [-0.25, -0.2) is 4.79 Å². The van der Waals surface area contributed by atoms with Crippen molar-refractivity contribution in [3.63, 3.8) is 0 Å². The van der Waals surface area contributed by atoms with Crippen LogP contribution in [-0.2, 0) is 12.8 Å². The number of hydrogen-bond acceptors (Lipinski definition) is 5. The first-order valence-corrected chi connectivity index (χ1v) is 11.7. The lowest BCUT2D eigenvalue weighted by Gasteiger charge is -2.08. The highest BCUT2D eigenvalue weighted by atomic mass is 32.1. The van der Waals surface area contributed by atoms with Gasteiger partial charge in [-0.2, -0.15) is 0 Å². The Balaban J connectivity index is 1.48. The van der Waals surface area contributed by atoms with E-state index in [2.05, 4.69) is 5.32 Å². The number of primary amides is 1. The van der Waals surface area contributed by atoms with Gasteiger partial charge in [-0.05, 0) is 61.1 Å². The number of nitrogens with two attached hydrogens (primary N) is 1. The van der Waals surface area contributed by atoms with Crippen LogP contribution in [0.2, 0.25) is 0 Å². The van der Waals surface area contributed by atoms with E-state index in [1.165, 1.54) is 11.3 Å². The molecule has 0 saturated carbocycles. The van der Waals surface area contributed by atoms with Gasteiger partial charge < -0.3 is 15.5 Å². The molecule has 0 spiro atoms. The van der Waals surface area contributed by atoms with Crippen molar-refractivity contribution in [1.29, 1.82) is 0 Å². The summed E-state index contributed by atoms with van der Waals surface area (Å²) in [6, 6.07) is 15.9. The summed E-state index contributed by atoms with van der Waals surface area (Å²) in [5.41, 5.74) is 8.46. The van der Waals surface area contributed by atoms with E-state index in [4.69, 9.17) is 10.2 Å². The van der Waals surface area contributed by atoms with Crippen molar-refractivity contribution in [3.05, 3.63) is 86.6 Å². The second-order valence-corrected chi connectivity index (χ2v) is 9.26. The first kappa shape index (κ1) is 21.2. The van der Waals surface area contributed by atoms with Crippen LogP contribution in [0.5, 0.6) is 0 Å². The summed E-state index contributed by atoms with van der Waals surface area (Å²) in [5.74, 6) is -0.881. The number of fused-ring (bicyclic) bond motifs is 2. The summed E-state index contributed by atoms with van der Waals surface area (Å²) in [5, 5.41) is 4.18. The summed E-state index contributed by atoms with van der Waals surface area (Å²) >= 11 is 1.43. The first-order chi connectivity index (χ1) is 16.0. The molecule has 4 aromatic rings. The Kier molecular flexibility index (Phi) is 5.56. The number of carbonyl (C=O) groups is 2. The number of rotatable bonds is 4. The largest absolute Gasteiger partial charge is 0.422 e. The lowest BCUT2D eigenvalue weighted by Crippen LogP contribution is -2.18. The fourth-order valence-electron chi connectivity index (χ4n) is 4.36. The van der Waals surface area contributed by atoms with E-state index in [1.54, 1.807) is 42.5 Å². The Bertz CT molecular complexity index is 1450. The summed E-state index contributed by atoms with van der Waals surface area (Å²) < 4.78 is 5.44. The summed E-state index contributed by atoms with van der Waals surface area (Å²) in [6.07, 6.45) is 4.89. The van der Waals surface area contributed by atoms with Gasteiger partial charge >= 0.3 is 5.63 Å². The maximum Gasteiger partial charge on any atom is 0.344 e. The van der Waals surface area contributed by atoms with Gasteiger partial charge in [0.05, 0.1) is 11.1 Å². The van der Waals surface area contributed by atoms with E-state index >= 15 is 0 Å². The van der Waals surface area contributed by atoms with E-state index < -0.39 is 11.5 Å². The van der Waals surface area contributed by atoms with Gasteiger partial charge in [-0.15, -0.1) is 11.3 Å². The van der Waals surface area contributed by atoms with E-state index in [-0.39, 0.29) is 5.91 Å². The molecule has 0 radical (unpaired) electrons. The Hall–Kier alpha value is -3.71. The Labute approximate surface area is 194 Å². The zero-order chi connectivity index (χ0) is 22.9. The average Bonchev–Trinajstić information content (AvgIpc) is 2.99. The van der Waals surface area contributed by atoms with Crippen molar-refractivity contribution < 1.29 is 14.0 Å². The summed E-state index contributed by atoms with van der Waals surface area (Å²) in [4.78, 5) is 39.0. The summed E-state index contributed by atoms with van der Waals surface area (Å²) in [7, 11) is 0. The van der Waals surface area contributed by atoms with E-state index in [0.29, 0.717) is 32.8 Å². The summed E-state index contributed by atoms with van der Waals surface area (Å²) in [6.45, 7) is 0. The molecule has 166 valence electrons. The van der Waals surface area contributed by atoms with Gasteiger partial charge in [-0.3, -0.25) is 9.59 Å². The number of nitrogens with one attached hydrogen (secondary N) is 1. The molecule has 2 amide bonds. The maximum absolute atomic E-state index is 13.1. The molecule has 2 aromatic carbocycles. The number of carbonyl (C=O) groups excluding carboxylic acids is 2. The number of para-hydroxylation sites is 1. The molecule has 7 heteroatoms. The lowest BCUT2D eigenvalue weighted by molar-refractivity contribution is 0.100. The molecule has 0 unspecified atom stereocenters. The Morgan fingerprint density at radius 3 is 2.64 bits per heavy atom. The van der Waals surface area contributed by atoms with Gasteiger partial charge in [0.15, 0.2) is 0 Å². The van der Waals surface area contributed by atoms with Gasteiger partial charge in [0, 0.05) is 15.8 Å². The molecule has 0 bridgehead atoms. The minimum Gasteiger partial charge on any atom is -0.422 e. The molecule has 2 aromatic heterocycles. The monoisotopic (exact) mass is 458 g/mol. The normalized spacial score (nSPS) is 13.3. The van der Waals surface area contributed by atoms with Crippen LogP contribution >= 0.6 is 11.3 Å². The maximum atomic E-state index is 13.1. The fraction of sp³-hybridized carbons (Fsp3) is 0.192. The topological polar surface area (TPSA) is 102 Å². The predicted molar refractivity (Wildman–Crippen MR) is 130 cm³/mol. The Morgan fingerprint density at radius 2 is 1.79 bits per heavy atom. The first-order valence-electron chi connectivity index (χ1n) is 10.9. The zero-order valence-electron chi connectivity index (χ0n) is 17.9. The van der Waals surface area contributed by atoms with Crippen molar-refractivity contribution in [2.24, 2.45) is 5.73 Å². The zero-order valence-corrected chi connectivity index (χ0v) is 18.7. The van der Waals surface area contributed by atoms with E-state index in [9.17, 15) is 14.4 Å². The van der Waals surface area contributed by atoms with Crippen LogP contribution in [0.4, 0.5) is 5.00 Å². The third kappa shape index (κ3) is 4.07. The molecule has 5 rings (SSSR count). The standard InChI is InChI=1S/C26H22N2O4S/c27-23(29)22-18-10-2-1-3-12-21(18)33-25(22)28-24(30)17-9-6-8-15(13-17)19-14-16-7-4-5-11-20(16)32-26(19)31/h4-9,11,13-14H,1-3,10,12H2,(H2,27,29)(H,28,30). The molecule has 6 nitrogen and oxygen atoms in total. The van der Waals surface area contributed by atoms with Crippen molar-refractivity contribution >= 4 is 39.1 Å². The quantitative estimate of drug-likeness (QED) is 0.326. The predicted octanol–water partition coefficient (Wildman–Crippen LogP) is 5.14. The number of benzene rings is 2. The van der Waals surface area contributed by atoms with Crippen LogP contribution in [0.15, 0.2) is 63.8 Å². The highest BCUT2D eigenvalue weighted by molar-refractivity contribution is 7.17. The third-order valence-corrected chi connectivity index (χ3v) is 7.18. The second-order valence-electron chi connectivity index (χ2n) is 8.15. The third-order valence-electron chi connectivity index (χ3n) is 5.97. The molecule has 3 N–H and O–H groups in total. The number of anilines is 1. The van der Waals surface area contributed by atoms with Crippen LogP contribution in [-0.4, -0.2) is 11.8 Å². The molecule has 2 heterocycles. The van der Waals surface area contributed by atoms with Crippen LogP contribution in [0, 0.1) is 0 Å². The van der Waals surface area contributed by atoms with E-state index in [0.717, 1.165) is 47.9 Å². The molecule has 1 aliphatic rings. The molecule has 0 aliphatic heterocycles. The van der Waals surface area contributed by atoms with Crippen LogP contribution in [0.1, 0.15) is 50.4 Å². The van der Waals surface area contributed by atoms with Gasteiger partial charge in [0.1, 0.15) is 10.6 Å². The fourth-order valence-corrected chi connectivity index (χ4v) is 5.65. The van der Waals surface area contributed by atoms with Crippen molar-refractivity contribution in [2.75, 3.05) is 5.32 Å². The molecule has 33 heavy (non-hydrogen) atoms. The van der Waals surface area contributed by atoms with Crippen LogP contribution in [0.25, 0.3) is 22.1 Å². The van der Waals surface area contributed by atoms with Gasteiger partial charge in [-0.1, -0.05) is 36.8 Å². The molecule has 0 fully saturated rings. The average molecular weight is 459 g/mol. The molecular weight excluding hydrogens is 436 g/mol. The number of aryl methyl sites for hydroxylation is 1. The number of hydrogen-bond donors (Lipinski definition) is 2. The van der Waals surface area contributed by atoms with Crippen molar-refractivity contribution in [3.8, 4) is 11.1 Å². The number of amides is 2. The van der Waals surface area contributed by atoms with Crippen molar-refractivity contribution in [2.45, 2.75) is 32.1 Å². The Morgan fingerprint density at radius 1 is 0.970 bits per heavy atom. The molecule has 0 saturated heterocycles. The van der Waals surface area contributed by atoms with Crippen LogP contribution in [0.3, 0.4) is 0 Å². The highest BCUT2D eigenvalue weighted by Crippen LogP contribution is 2.37. The minimum absolute atomic E-state index is 0.360. The smallest absolute Gasteiger partial charge is 0.344 e. The van der Waals surface area contributed by atoms with Crippen LogP contribution < -0.4 is 16.7 Å². The lowest BCUT2D eigenvalue weighted by atomic mass is 10.0.